The molecule has 2 rings (SSSR count). The van der Waals surface area contributed by atoms with Gasteiger partial charge in [0.1, 0.15) is 0 Å². The van der Waals surface area contributed by atoms with Crippen LogP contribution in [0.2, 0.25) is 0 Å². The minimum atomic E-state index is 0.640. The van der Waals surface area contributed by atoms with Crippen molar-refractivity contribution in [1.82, 2.24) is 5.32 Å². The number of nitrogens with one attached hydrogen (secondary N) is 1. The van der Waals surface area contributed by atoms with Crippen molar-refractivity contribution in [2.45, 2.75) is 45.1 Å². The van der Waals surface area contributed by atoms with E-state index in [4.69, 9.17) is 0 Å². The summed E-state index contributed by atoms with van der Waals surface area (Å²) in [6, 6.07) is 11.6. The van der Waals surface area contributed by atoms with Gasteiger partial charge in [-0.3, -0.25) is 0 Å². The summed E-state index contributed by atoms with van der Waals surface area (Å²) >= 11 is 0. The summed E-state index contributed by atoms with van der Waals surface area (Å²) in [5.74, 6) is 7.75. The highest BCUT2D eigenvalue weighted by atomic mass is 14.9. The SMILES string of the molecule is CC#CCCC(NCC)C1CC1c1ccccc1. The standard InChI is InChI=1S/C17H23N/c1-3-5-7-12-17(18-4-2)16-13-15(16)14-10-8-6-9-11-14/h6,8-11,15-18H,4,7,12-13H2,1-2H3. The number of rotatable bonds is 6. The Bertz CT molecular complexity index is 412. The molecule has 0 aliphatic heterocycles. The number of benzene rings is 1. The van der Waals surface area contributed by atoms with Crippen molar-refractivity contribution in [3.05, 3.63) is 35.9 Å². The summed E-state index contributed by atoms with van der Waals surface area (Å²) in [6.07, 6.45) is 3.54. The van der Waals surface area contributed by atoms with Gasteiger partial charge in [-0.2, -0.15) is 0 Å². The Hall–Kier alpha value is -1.26. The van der Waals surface area contributed by atoms with Crippen molar-refractivity contribution in [3.8, 4) is 11.8 Å². The van der Waals surface area contributed by atoms with Crippen LogP contribution in [-0.4, -0.2) is 12.6 Å². The van der Waals surface area contributed by atoms with Gasteiger partial charge in [0.05, 0.1) is 0 Å². The molecule has 0 heterocycles. The summed E-state index contributed by atoms with van der Waals surface area (Å²) in [4.78, 5) is 0. The topological polar surface area (TPSA) is 12.0 Å². The molecule has 0 radical (unpaired) electrons. The maximum Gasteiger partial charge on any atom is 0.0110 e. The van der Waals surface area contributed by atoms with Crippen LogP contribution >= 0.6 is 0 Å². The predicted octanol–water partition coefficient (Wildman–Crippen LogP) is 3.57. The molecule has 1 aliphatic carbocycles. The van der Waals surface area contributed by atoms with Gasteiger partial charge in [0.25, 0.3) is 0 Å². The Morgan fingerprint density at radius 1 is 1.33 bits per heavy atom. The number of hydrogen-bond donors (Lipinski definition) is 1. The van der Waals surface area contributed by atoms with Crippen LogP contribution < -0.4 is 5.32 Å². The lowest BCUT2D eigenvalue weighted by atomic mass is 10.0. The van der Waals surface area contributed by atoms with Crippen molar-refractivity contribution in [2.24, 2.45) is 5.92 Å². The van der Waals surface area contributed by atoms with Gasteiger partial charge < -0.3 is 5.32 Å². The third-order valence-corrected chi connectivity index (χ3v) is 3.81. The van der Waals surface area contributed by atoms with Crippen molar-refractivity contribution in [2.75, 3.05) is 6.54 Å². The lowest BCUT2D eigenvalue weighted by molar-refractivity contribution is 0.444. The first-order valence-electron chi connectivity index (χ1n) is 7.04. The van der Waals surface area contributed by atoms with Crippen molar-refractivity contribution >= 4 is 0 Å². The molecule has 1 aromatic carbocycles. The first-order chi connectivity index (χ1) is 8.86. The Balaban J connectivity index is 1.91. The van der Waals surface area contributed by atoms with Gasteiger partial charge in [0, 0.05) is 12.5 Å². The number of hydrogen-bond acceptors (Lipinski definition) is 1. The second-order valence-corrected chi connectivity index (χ2v) is 5.05. The van der Waals surface area contributed by atoms with E-state index in [0.717, 1.165) is 24.8 Å². The average molecular weight is 241 g/mol. The molecule has 1 fully saturated rings. The molecule has 3 unspecified atom stereocenters. The second-order valence-electron chi connectivity index (χ2n) is 5.05. The third-order valence-electron chi connectivity index (χ3n) is 3.81. The maximum absolute atomic E-state index is 3.64. The van der Waals surface area contributed by atoms with E-state index in [-0.39, 0.29) is 0 Å². The van der Waals surface area contributed by atoms with E-state index in [2.05, 4.69) is 54.4 Å². The second kappa shape index (κ2) is 6.61. The van der Waals surface area contributed by atoms with E-state index in [1.807, 2.05) is 6.92 Å². The van der Waals surface area contributed by atoms with E-state index < -0.39 is 0 Å². The highest BCUT2D eigenvalue weighted by Crippen LogP contribution is 2.50. The largest absolute Gasteiger partial charge is 0.314 e. The quantitative estimate of drug-likeness (QED) is 0.751. The minimum Gasteiger partial charge on any atom is -0.314 e. The molecule has 0 amide bonds. The molecule has 0 saturated heterocycles. The first kappa shape index (κ1) is 13.2. The molecule has 1 saturated carbocycles. The Morgan fingerprint density at radius 2 is 2.11 bits per heavy atom. The van der Waals surface area contributed by atoms with Crippen LogP contribution in [-0.2, 0) is 0 Å². The van der Waals surface area contributed by atoms with Gasteiger partial charge in [-0.1, -0.05) is 37.3 Å². The Kier molecular flexibility index (Phi) is 4.84. The molecule has 1 aliphatic rings. The van der Waals surface area contributed by atoms with Crippen molar-refractivity contribution in [3.63, 3.8) is 0 Å². The van der Waals surface area contributed by atoms with Crippen LogP contribution in [0.1, 0.15) is 44.6 Å². The molecule has 1 nitrogen and oxygen atoms in total. The fourth-order valence-electron chi connectivity index (χ4n) is 2.83. The minimum absolute atomic E-state index is 0.640. The zero-order chi connectivity index (χ0) is 12.8. The molecule has 1 heteroatoms. The fourth-order valence-corrected chi connectivity index (χ4v) is 2.83. The smallest absolute Gasteiger partial charge is 0.0110 e. The molecule has 18 heavy (non-hydrogen) atoms. The molecule has 0 bridgehead atoms. The fraction of sp³-hybridized carbons (Fsp3) is 0.529. The molecule has 0 spiro atoms. The van der Waals surface area contributed by atoms with Crippen LogP contribution in [0.3, 0.4) is 0 Å². The third kappa shape index (κ3) is 3.37. The van der Waals surface area contributed by atoms with E-state index in [1.165, 1.54) is 18.4 Å². The highest BCUT2D eigenvalue weighted by Gasteiger charge is 2.42. The Morgan fingerprint density at radius 3 is 2.78 bits per heavy atom. The van der Waals surface area contributed by atoms with Crippen LogP contribution in [0.25, 0.3) is 0 Å². The van der Waals surface area contributed by atoms with Gasteiger partial charge in [-0.25, -0.2) is 0 Å². The normalized spacial score (nSPS) is 23.0. The monoisotopic (exact) mass is 241 g/mol. The van der Waals surface area contributed by atoms with Crippen LogP contribution in [0, 0.1) is 17.8 Å². The summed E-state index contributed by atoms with van der Waals surface area (Å²) in [7, 11) is 0. The molecular formula is C17H23N. The van der Waals surface area contributed by atoms with Crippen LogP contribution in [0.4, 0.5) is 0 Å². The lowest BCUT2D eigenvalue weighted by Crippen LogP contribution is -2.31. The van der Waals surface area contributed by atoms with Crippen molar-refractivity contribution < 1.29 is 0 Å². The molecular weight excluding hydrogens is 218 g/mol. The summed E-state index contributed by atoms with van der Waals surface area (Å²) in [5.41, 5.74) is 1.51. The zero-order valence-electron chi connectivity index (χ0n) is 11.4. The summed E-state index contributed by atoms with van der Waals surface area (Å²) in [5, 5.41) is 3.64. The predicted molar refractivity (Wildman–Crippen MR) is 77.4 cm³/mol. The highest BCUT2D eigenvalue weighted by molar-refractivity contribution is 5.26. The van der Waals surface area contributed by atoms with Gasteiger partial charge >= 0.3 is 0 Å². The van der Waals surface area contributed by atoms with Crippen molar-refractivity contribution in [1.29, 1.82) is 0 Å². The Labute approximate surface area is 111 Å². The molecule has 96 valence electrons. The van der Waals surface area contributed by atoms with Crippen LogP contribution in [0.5, 0.6) is 0 Å². The van der Waals surface area contributed by atoms with E-state index in [9.17, 15) is 0 Å². The van der Waals surface area contributed by atoms with Crippen LogP contribution in [0.15, 0.2) is 30.3 Å². The molecule has 1 N–H and O–H groups in total. The van der Waals surface area contributed by atoms with E-state index in [1.54, 1.807) is 0 Å². The molecule has 3 atom stereocenters. The van der Waals surface area contributed by atoms with Gasteiger partial charge in [-0.05, 0) is 43.7 Å². The van der Waals surface area contributed by atoms with Gasteiger partial charge in [-0.15, -0.1) is 11.8 Å². The van der Waals surface area contributed by atoms with Gasteiger partial charge in [0.2, 0.25) is 0 Å². The van der Waals surface area contributed by atoms with E-state index >= 15 is 0 Å². The average Bonchev–Trinajstić information content (AvgIpc) is 3.19. The zero-order valence-corrected chi connectivity index (χ0v) is 11.4. The summed E-state index contributed by atoms with van der Waals surface area (Å²) in [6.45, 7) is 5.17. The summed E-state index contributed by atoms with van der Waals surface area (Å²) < 4.78 is 0. The molecule has 1 aromatic rings. The van der Waals surface area contributed by atoms with E-state index in [0.29, 0.717) is 6.04 Å². The molecule has 0 aromatic heterocycles. The first-order valence-corrected chi connectivity index (χ1v) is 7.04. The van der Waals surface area contributed by atoms with Gasteiger partial charge in [0.15, 0.2) is 0 Å². The lowest BCUT2D eigenvalue weighted by Gasteiger charge is -2.16. The maximum atomic E-state index is 3.64.